The van der Waals surface area contributed by atoms with Gasteiger partial charge in [-0.25, -0.2) is 8.42 Å². The fraction of sp³-hybridized carbons (Fsp3) is 0.231. The highest BCUT2D eigenvalue weighted by molar-refractivity contribution is 7.91. The average Bonchev–Trinajstić information content (AvgIpc) is 3.10. The zero-order chi connectivity index (χ0) is 23.9. The standard InChI is InChI=1S/C26H25NO5S/c1-4-27-24-9-5-18(17(3)29)14-22(24)23-15-19(6-10-25(23)27)26(30)21-8-7-20(13-16(21)2)33(31,32)12-11-28/h5-10,13-15,28H,4,11-12H2,1-3H3. The molecule has 0 saturated heterocycles. The molecule has 0 fully saturated rings. The largest absolute Gasteiger partial charge is 0.395 e. The molecule has 4 rings (SSSR count). The summed E-state index contributed by atoms with van der Waals surface area (Å²) in [5.41, 5.74) is 4.04. The molecule has 0 spiro atoms. The quantitative estimate of drug-likeness (QED) is 0.412. The number of carbonyl (C=O) groups is 2. The van der Waals surface area contributed by atoms with Gasteiger partial charge in [-0.05, 0) is 80.9 Å². The van der Waals surface area contributed by atoms with Crippen molar-refractivity contribution >= 4 is 43.2 Å². The van der Waals surface area contributed by atoms with Crippen LogP contribution < -0.4 is 0 Å². The van der Waals surface area contributed by atoms with Crippen LogP contribution in [0.1, 0.15) is 45.7 Å². The summed E-state index contributed by atoms with van der Waals surface area (Å²) in [6.45, 7) is 5.56. The molecule has 1 N–H and O–H groups in total. The Morgan fingerprint density at radius 3 is 2.06 bits per heavy atom. The van der Waals surface area contributed by atoms with Gasteiger partial charge in [0.2, 0.25) is 0 Å². The van der Waals surface area contributed by atoms with Crippen LogP contribution in [0.3, 0.4) is 0 Å². The molecule has 7 heteroatoms. The summed E-state index contributed by atoms with van der Waals surface area (Å²) < 4.78 is 26.6. The molecule has 1 aromatic heterocycles. The molecule has 0 saturated carbocycles. The van der Waals surface area contributed by atoms with Crippen molar-refractivity contribution < 1.29 is 23.1 Å². The number of sulfone groups is 1. The minimum atomic E-state index is -3.60. The van der Waals surface area contributed by atoms with Gasteiger partial charge in [-0.2, -0.15) is 0 Å². The van der Waals surface area contributed by atoms with Gasteiger partial charge in [-0.15, -0.1) is 0 Å². The zero-order valence-electron chi connectivity index (χ0n) is 18.8. The summed E-state index contributed by atoms with van der Waals surface area (Å²) in [7, 11) is -3.60. The van der Waals surface area contributed by atoms with Crippen LogP contribution in [0, 0.1) is 6.92 Å². The van der Waals surface area contributed by atoms with Crippen LogP contribution in [0.25, 0.3) is 21.8 Å². The summed E-state index contributed by atoms with van der Waals surface area (Å²) in [6, 6.07) is 15.6. The van der Waals surface area contributed by atoms with E-state index in [4.69, 9.17) is 5.11 Å². The Hall–Kier alpha value is -3.29. The first kappa shape index (κ1) is 22.9. The zero-order valence-corrected chi connectivity index (χ0v) is 19.6. The van der Waals surface area contributed by atoms with E-state index in [-0.39, 0.29) is 22.2 Å². The first-order chi connectivity index (χ1) is 15.7. The van der Waals surface area contributed by atoms with Gasteiger partial charge in [-0.1, -0.05) is 0 Å². The number of Topliss-reactive ketones (excluding diaryl/α,β-unsaturated/α-hetero) is 1. The van der Waals surface area contributed by atoms with Gasteiger partial charge in [-0.3, -0.25) is 9.59 Å². The molecule has 1 heterocycles. The fourth-order valence-corrected chi connectivity index (χ4v) is 5.39. The number of aryl methyl sites for hydroxylation is 2. The van der Waals surface area contributed by atoms with Crippen LogP contribution in [-0.4, -0.2) is 42.0 Å². The molecule has 0 aliphatic heterocycles. The number of rotatable bonds is 7. The molecule has 0 amide bonds. The lowest BCUT2D eigenvalue weighted by Crippen LogP contribution is -2.11. The lowest BCUT2D eigenvalue weighted by Gasteiger charge is -2.09. The smallest absolute Gasteiger partial charge is 0.193 e. The number of aromatic nitrogens is 1. The van der Waals surface area contributed by atoms with Crippen molar-refractivity contribution in [3.63, 3.8) is 0 Å². The van der Waals surface area contributed by atoms with Crippen molar-refractivity contribution in [2.75, 3.05) is 12.4 Å². The predicted octanol–water partition coefficient (Wildman–Crippen LogP) is 4.32. The van der Waals surface area contributed by atoms with E-state index >= 15 is 0 Å². The van der Waals surface area contributed by atoms with Gasteiger partial charge >= 0.3 is 0 Å². The maximum Gasteiger partial charge on any atom is 0.193 e. The Morgan fingerprint density at radius 1 is 0.909 bits per heavy atom. The van der Waals surface area contributed by atoms with E-state index in [1.54, 1.807) is 13.0 Å². The molecule has 0 aliphatic rings. The van der Waals surface area contributed by atoms with E-state index in [1.807, 2.05) is 37.3 Å². The third kappa shape index (κ3) is 3.98. The number of ketones is 2. The normalized spacial score (nSPS) is 11.9. The van der Waals surface area contributed by atoms with Gasteiger partial charge in [0, 0.05) is 45.0 Å². The molecule has 0 unspecified atom stereocenters. The topological polar surface area (TPSA) is 93.4 Å². The number of aliphatic hydroxyl groups excluding tert-OH is 1. The highest BCUT2D eigenvalue weighted by Gasteiger charge is 2.19. The number of hydrogen-bond donors (Lipinski definition) is 1. The molecular formula is C26H25NO5S. The summed E-state index contributed by atoms with van der Waals surface area (Å²) >= 11 is 0. The SMILES string of the molecule is CCn1c2ccc(C(C)=O)cc2c2cc(C(=O)c3ccc(S(=O)(=O)CCO)cc3C)ccc21. The minimum absolute atomic E-state index is 0.0200. The molecule has 0 atom stereocenters. The summed E-state index contributed by atoms with van der Waals surface area (Å²) in [5, 5.41) is 10.8. The van der Waals surface area contributed by atoms with Crippen molar-refractivity contribution in [3.05, 3.63) is 76.9 Å². The molecule has 0 radical (unpaired) electrons. The fourth-order valence-electron chi connectivity index (χ4n) is 4.28. The number of fused-ring (bicyclic) bond motifs is 3. The Morgan fingerprint density at radius 2 is 1.52 bits per heavy atom. The molecular weight excluding hydrogens is 438 g/mol. The van der Waals surface area contributed by atoms with Crippen LogP contribution in [0.4, 0.5) is 0 Å². The number of carbonyl (C=O) groups excluding carboxylic acids is 2. The van der Waals surface area contributed by atoms with Gasteiger partial charge in [0.25, 0.3) is 0 Å². The Bertz CT molecular complexity index is 1530. The van der Waals surface area contributed by atoms with Crippen molar-refractivity contribution in [2.45, 2.75) is 32.2 Å². The molecule has 0 aliphatic carbocycles. The molecule has 3 aromatic carbocycles. The van der Waals surface area contributed by atoms with Gasteiger partial charge in [0.1, 0.15) is 0 Å². The van der Waals surface area contributed by atoms with Crippen molar-refractivity contribution in [1.29, 1.82) is 0 Å². The Balaban J connectivity index is 1.83. The monoisotopic (exact) mass is 463 g/mol. The third-order valence-electron chi connectivity index (χ3n) is 6.01. The second-order valence-corrected chi connectivity index (χ2v) is 10.2. The summed E-state index contributed by atoms with van der Waals surface area (Å²) in [4.78, 5) is 25.3. The molecule has 0 bridgehead atoms. The molecule has 4 aromatic rings. The van der Waals surface area contributed by atoms with E-state index in [1.165, 1.54) is 25.1 Å². The van der Waals surface area contributed by atoms with E-state index < -0.39 is 16.4 Å². The van der Waals surface area contributed by atoms with Gasteiger partial charge in [0.05, 0.1) is 17.3 Å². The van der Waals surface area contributed by atoms with Gasteiger partial charge in [0.15, 0.2) is 21.4 Å². The van der Waals surface area contributed by atoms with Crippen LogP contribution in [0.15, 0.2) is 59.5 Å². The maximum atomic E-state index is 13.3. The van der Waals surface area contributed by atoms with Crippen LogP contribution >= 0.6 is 0 Å². The first-order valence-corrected chi connectivity index (χ1v) is 12.4. The number of hydrogen-bond acceptors (Lipinski definition) is 5. The lowest BCUT2D eigenvalue weighted by atomic mass is 9.97. The van der Waals surface area contributed by atoms with E-state index in [2.05, 4.69) is 4.57 Å². The van der Waals surface area contributed by atoms with E-state index in [0.29, 0.717) is 22.3 Å². The van der Waals surface area contributed by atoms with Gasteiger partial charge < -0.3 is 9.67 Å². The average molecular weight is 464 g/mol. The van der Waals surface area contributed by atoms with Crippen LogP contribution in [-0.2, 0) is 16.4 Å². The number of benzene rings is 3. The second-order valence-electron chi connectivity index (χ2n) is 8.11. The Labute approximate surface area is 192 Å². The molecule has 170 valence electrons. The van der Waals surface area contributed by atoms with Crippen LogP contribution in [0.5, 0.6) is 0 Å². The minimum Gasteiger partial charge on any atom is -0.395 e. The molecule has 33 heavy (non-hydrogen) atoms. The van der Waals surface area contributed by atoms with Crippen molar-refractivity contribution in [2.24, 2.45) is 0 Å². The first-order valence-electron chi connectivity index (χ1n) is 10.7. The summed E-state index contributed by atoms with van der Waals surface area (Å²) in [6.07, 6.45) is 0. The Kier molecular flexibility index (Phi) is 5.95. The summed E-state index contributed by atoms with van der Waals surface area (Å²) in [5.74, 6) is -0.589. The van der Waals surface area contributed by atoms with Crippen molar-refractivity contribution in [3.8, 4) is 0 Å². The second kappa shape index (κ2) is 8.57. The number of aliphatic hydroxyl groups is 1. The maximum absolute atomic E-state index is 13.3. The van der Waals surface area contributed by atoms with E-state index in [9.17, 15) is 18.0 Å². The van der Waals surface area contributed by atoms with E-state index in [0.717, 1.165) is 28.4 Å². The lowest BCUT2D eigenvalue weighted by molar-refractivity contribution is 0.101. The highest BCUT2D eigenvalue weighted by Crippen LogP contribution is 2.32. The predicted molar refractivity (Wildman–Crippen MR) is 129 cm³/mol. The van der Waals surface area contributed by atoms with Crippen LogP contribution in [0.2, 0.25) is 0 Å². The highest BCUT2D eigenvalue weighted by atomic mass is 32.2. The van der Waals surface area contributed by atoms with Crippen molar-refractivity contribution in [1.82, 2.24) is 4.57 Å². The number of nitrogens with zero attached hydrogens (tertiary/aromatic N) is 1. The molecule has 6 nitrogen and oxygen atoms in total. The third-order valence-corrected chi connectivity index (χ3v) is 7.70.